The predicted octanol–water partition coefficient (Wildman–Crippen LogP) is 4.66. The third-order valence-corrected chi connectivity index (χ3v) is 4.26. The molecule has 24 heavy (non-hydrogen) atoms. The van der Waals surface area contributed by atoms with Gasteiger partial charge in [0, 0.05) is 16.8 Å². The summed E-state index contributed by atoms with van der Waals surface area (Å²) in [6, 6.07) is 11.2. The van der Waals surface area contributed by atoms with E-state index in [2.05, 4.69) is 29.7 Å². The molecule has 5 heteroatoms. The van der Waals surface area contributed by atoms with E-state index in [4.69, 9.17) is 16.3 Å². The number of carbonyl (C=O) groups is 1. The van der Waals surface area contributed by atoms with Crippen molar-refractivity contribution in [3.8, 4) is 5.75 Å². The molecule has 0 aromatic heterocycles. The molecule has 0 radical (unpaired) electrons. The van der Waals surface area contributed by atoms with Crippen LogP contribution in [0.2, 0.25) is 5.02 Å². The Balaban J connectivity index is 2.10. The van der Waals surface area contributed by atoms with Gasteiger partial charge < -0.3 is 15.4 Å². The molecule has 0 bridgehead atoms. The molecule has 0 saturated carbocycles. The van der Waals surface area contributed by atoms with Crippen LogP contribution in [0.15, 0.2) is 36.4 Å². The number of hydrogen-bond donors (Lipinski definition) is 2. The van der Waals surface area contributed by atoms with E-state index in [9.17, 15) is 4.79 Å². The Morgan fingerprint density at radius 1 is 1.29 bits per heavy atom. The van der Waals surface area contributed by atoms with E-state index in [1.54, 1.807) is 13.2 Å². The molecule has 4 nitrogen and oxygen atoms in total. The quantitative estimate of drug-likeness (QED) is 0.799. The minimum absolute atomic E-state index is 0.142. The first-order chi connectivity index (χ1) is 11.4. The molecule has 1 unspecified atom stereocenters. The summed E-state index contributed by atoms with van der Waals surface area (Å²) in [7, 11) is 1.55. The maximum Gasteiger partial charge on any atom is 0.246 e. The van der Waals surface area contributed by atoms with Crippen LogP contribution in [-0.4, -0.2) is 19.1 Å². The molecule has 2 aromatic carbocycles. The van der Waals surface area contributed by atoms with E-state index in [0.29, 0.717) is 16.5 Å². The maximum atomic E-state index is 12.5. The molecule has 0 aliphatic carbocycles. The van der Waals surface area contributed by atoms with Crippen molar-refractivity contribution < 1.29 is 9.53 Å². The van der Waals surface area contributed by atoms with Crippen molar-refractivity contribution in [1.82, 2.24) is 0 Å². The van der Waals surface area contributed by atoms with Crippen molar-refractivity contribution in [2.45, 2.75) is 33.2 Å². The number of hydrogen-bond acceptors (Lipinski definition) is 3. The molecule has 0 fully saturated rings. The van der Waals surface area contributed by atoms with Gasteiger partial charge in [-0.3, -0.25) is 4.79 Å². The summed E-state index contributed by atoms with van der Waals surface area (Å²) in [6.45, 7) is 5.81. The maximum absolute atomic E-state index is 12.5. The molecule has 0 aliphatic heterocycles. The summed E-state index contributed by atoms with van der Waals surface area (Å²) in [6.07, 6.45) is 0.956. The molecule has 0 heterocycles. The number of ether oxygens (including phenoxy) is 1. The second-order valence-corrected chi connectivity index (χ2v) is 6.12. The van der Waals surface area contributed by atoms with Gasteiger partial charge in [0.25, 0.3) is 0 Å². The molecule has 2 N–H and O–H groups in total. The Morgan fingerprint density at radius 3 is 2.71 bits per heavy atom. The third-order valence-electron chi connectivity index (χ3n) is 3.85. The molecular formula is C19H23ClN2O2. The molecule has 1 amide bonds. The van der Waals surface area contributed by atoms with Crippen LogP contribution in [0.3, 0.4) is 0 Å². The average molecular weight is 347 g/mol. The molecular weight excluding hydrogens is 324 g/mol. The zero-order valence-electron chi connectivity index (χ0n) is 14.4. The van der Waals surface area contributed by atoms with Crippen LogP contribution in [0, 0.1) is 6.92 Å². The van der Waals surface area contributed by atoms with Gasteiger partial charge in [-0.1, -0.05) is 30.7 Å². The Kier molecular flexibility index (Phi) is 6.10. The Bertz CT molecular complexity index is 731. The van der Waals surface area contributed by atoms with Crippen LogP contribution in [0.1, 0.15) is 25.0 Å². The van der Waals surface area contributed by atoms with Crippen LogP contribution in [0.5, 0.6) is 5.75 Å². The van der Waals surface area contributed by atoms with Crippen LogP contribution < -0.4 is 15.4 Å². The number of anilines is 2. The number of amides is 1. The summed E-state index contributed by atoms with van der Waals surface area (Å²) >= 11 is 6.09. The van der Waals surface area contributed by atoms with Gasteiger partial charge in [-0.15, -0.1) is 0 Å². The Labute approximate surface area is 148 Å². The van der Waals surface area contributed by atoms with E-state index in [1.165, 1.54) is 5.56 Å². The number of benzene rings is 2. The summed E-state index contributed by atoms with van der Waals surface area (Å²) in [4.78, 5) is 12.5. The molecule has 0 aliphatic rings. The third kappa shape index (κ3) is 4.42. The zero-order valence-corrected chi connectivity index (χ0v) is 15.2. The number of methoxy groups -OCH3 is 1. The van der Waals surface area contributed by atoms with Crippen LogP contribution in [0.25, 0.3) is 0 Å². The lowest BCUT2D eigenvalue weighted by atomic mass is 10.1. The van der Waals surface area contributed by atoms with Crippen molar-refractivity contribution in [2.24, 2.45) is 0 Å². The van der Waals surface area contributed by atoms with Gasteiger partial charge in [-0.05, 0) is 49.6 Å². The number of nitrogens with one attached hydrogen (secondary N) is 2. The zero-order chi connectivity index (χ0) is 17.7. The summed E-state index contributed by atoms with van der Waals surface area (Å²) in [5.41, 5.74) is 3.64. The normalized spacial score (nSPS) is 11.7. The van der Waals surface area contributed by atoms with Gasteiger partial charge in [-0.25, -0.2) is 0 Å². The Hall–Kier alpha value is -2.20. The first-order valence-electron chi connectivity index (χ1n) is 7.95. The lowest BCUT2D eigenvalue weighted by Crippen LogP contribution is -2.32. The smallest absolute Gasteiger partial charge is 0.246 e. The second-order valence-electron chi connectivity index (χ2n) is 5.71. The minimum atomic E-state index is -0.391. The van der Waals surface area contributed by atoms with Gasteiger partial charge >= 0.3 is 0 Å². The van der Waals surface area contributed by atoms with E-state index >= 15 is 0 Å². The second kappa shape index (κ2) is 8.06. The van der Waals surface area contributed by atoms with Crippen molar-refractivity contribution in [2.75, 3.05) is 17.7 Å². The fraction of sp³-hybridized carbons (Fsp3) is 0.316. The highest BCUT2D eigenvalue weighted by molar-refractivity contribution is 6.31. The number of rotatable bonds is 6. The fourth-order valence-corrected chi connectivity index (χ4v) is 2.52. The van der Waals surface area contributed by atoms with Gasteiger partial charge in [0.15, 0.2) is 0 Å². The lowest BCUT2D eigenvalue weighted by Gasteiger charge is -2.18. The predicted molar refractivity (Wildman–Crippen MR) is 100 cm³/mol. The first kappa shape index (κ1) is 18.1. The van der Waals surface area contributed by atoms with Gasteiger partial charge in [0.05, 0.1) is 12.8 Å². The van der Waals surface area contributed by atoms with Crippen LogP contribution in [-0.2, 0) is 11.2 Å². The SMILES string of the molecule is CCc1cccc(NC(C)C(=O)Nc2cc(C)c(Cl)cc2OC)c1. The van der Waals surface area contributed by atoms with Crippen molar-refractivity contribution in [3.05, 3.63) is 52.5 Å². The van der Waals surface area contributed by atoms with Gasteiger partial charge in [0.1, 0.15) is 11.8 Å². The van der Waals surface area contributed by atoms with E-state index in [1.807, 2.05) is 32.0 Å². The van der Waals surface area contributed by atoms with Crippen molar-refractivity contribution in [3.63, 3.8) is 0 Å². The topological polar surface area (TPSA) is 50.4 Å². The first-order valence-corrected chi connectivity index (χ1v) is 8.32. The van der Waals surface area contributed by atoms with Crippen LogP contribution >= 0.6 is 11.6 Å². The Morgan fingerprint density at radius 2 is 2.04 bits per heavy atom. The molecule has 0 spiro atoms. The highest BCUT2D eigenvalue weighted by Crippen LogP contribution is 2.31. The largest absolute Gasteiger partial charge is 0.495 e. The standard InChI is InChI=1S/C19H23ClN2O2/c1-5-14-7-6-8-15(10-14)21-13(3)19(23)22-17-9-12(2)16(20)11-18(17)24-4/h6-11,13,21H,5H2,1-4H3,(H,22,23). The number of carbonyl (C=O) groups excluding carboxylic acids is 1. The molecule has 128 valence electrons. The lowest BCUT2D eigenvalue weighted by molar-refractivity contribution is -0.116. The fourth-order valence-electron chi connectivity index (χ4n) is 2.37. The van der Waals surface area contributed by atoms with E-state index in [0.717, 1.165) is 17.7 Å². The number of aryl methyl sites for hydroxylation is 2. The molecule has 1 atom stereocenters. The summed E-state index contributed by atoms with van der Waals surface area (Å²) < 4.78 is 5.29. The van der Waals surface area contributed by atoms with Crippen LogP contribution in [0.4, 0.5) is 11.4 Å². The van der Waals surface area contributed by atoms with Crippen molar-refractivity contribution in [1.29, 1.82) is 0 Å². The van der Waals surface area contributed by atoms with Gasteiger partial charge in [0.2, 0.25) is 5.91 Å². The molecule has 2 aromatic rings. The van der Waals surface area contributed by atoms with Crippen molar-refractivity contribution >= 4 is 28.9 Å². The highest BCUT2D eigenvalue weighted by Gasteiger charge is 2.16. The monoisotopic (exact) mass is 346 g/mol. The summed E-state index contributed by atoms with van der Waals surface area (Å²) in [5.74, 6) is 0.399. The van der Waals surface area contributed by atoms with E-state index in [-0.39, 0.29) is 5.91 Å². The average Bonchev–Trinajstić information content (AvgIpc) is 2.57. The number of halogens is 1. The summed E-state index contributed by atoms with van der Waals surface area (Å²) in [5, 5.41) is 6.72. The van der Waals surface area contributed by atoms with Gasteiger partial charge in [-0.2, -0.15) is 0 Å². The highest BCUT2D eigenvalue weighted by atomic mass is 35.5. The molecule has 2 rings (SSSR count). The van der Waals surface area contributed by atoms with E-state index < -0.39 is 6.04 Å². The molecule has 0 saturated heterocycles. The minimum Gasteiger partial charge on any atom is -0.495 e.